The van der Waals surface area contributed by atoms with E-state index in [4.69, 9.17) is 4.74 Å². The molecule has 160 valence electrons. The number of ether oxygens (including phenoxy) is 1. The van der Waals surface area contributed by atoms with Crippen molar-refractivity contribution in [2.75, 3.05) is 18.1 Å². The van der Waals surface area contributed by atoms with Crippen LogP contribution in [-0.4, -0.2) is 25.0 Å². The lowest BCUT2D eigenvalue weighted by Crippen LogP contribution is -2.41. The van der Waals surface area contributed by atoms with E-state index >= 15 is 0 Å². The number of carbonyl (C=O) groups excluding carboxylic acids is 2. The van der Waals surface area contributed by atoms with Gasteiger partial charge in [0.05, 0.1) is 12.2 Å². The summed E-state index contributed by atoms with van der Waals surface area (Å²) in [5.41, 5.74) is 0.339. The lowest BCUT2D eigenvalue weighted by atomic mass is 9.79. The summed E-state index contributed by atoms with van der Waals surface area (Å²) in [6.07, 6.45) is -4.72. The van der Waals surface area contributed by atoms with Crippen molar-refractivity contribution in [1.29, 1.82) is 0 Å². The van der Waals surface area contributed by atoms with Crippen molar-refractivity contribution in [1.82, 2.24) is 0 Å². The second-order valence-electron chi connectivity index (χ2n) is 7.35. The van der Waals surface area contributed by atoms with E-state index in [-0.39, 0.29) is 25.1 Å². The highest BCUT2D eigenvalue weighted by atomic mass is 19.4. The van der Waals surface area contributed by atoms with Gasteiger partial charge in [0.1, 0.15) is 6.54 Å². The van der Waals surface area contributed by atoms with E-state index in [1.807, 2.05) is 18.2 Å². The van der Waals surface area contributed by atoms with Crippen molar-refractivity contribution in [3.63, 3.8) is 0 Å². The molecule has 3 aromatic rings. The molecule has 3 aromatic carbocycles. The van der Waals surface area contributed by atoms with Crippen LogP contribution in [0.3, 0.4) is 0 Å². The van der Waals surface area contributed by atoms with Gasteiger partial charge in [0.15, 0.2) is 0 Å². The average Bonchev–Trinajstić information content (AvgIpc) is 2.74. The van der Waals surface area contributed by atoms with Gasteiger partial charge < -0.3 is 9.64 Å². The maximum atomic E-state index is 13.8. The first kappa shape index (κ1) is 20.9. The fourth-order valence-electron chi connectivity index (χ4n) is 4.24. The largest absolute Gasteiger partial charge is 0.465 e. The summed E-state index contributed by atoms with van der Waals surface area (Å²) in [5.74, 6) is -1.77. The van der Waals surface area contributed by atoms with Gasteiger partial charge >= 0.3 is 12.1 Å². The molecule has 1 amide bonds. The summed E-state index contributed by atoms with van der Waals surface area (Å²) in [4.78, 5) is 26.4. The second-order valence-corrected chi connectivity index (χ2v) is 7.35. The highest BCUT2D eigenvalue weighted by Gasteiger charge is 2.40. The Labute approximate surface area is 177 Å². The Morgan fingerprint density at radius 3 is 2.52 bits per heavy atom. The van der Waals surface area contributed by atoms with Gasteiger partial charge in [0.25, 0.3) is 0 Å². The van der Waals surface area contributed by atoms with E-state index in [0.717, 1.165) is 16.8 Å². The Morgan fingerprint density at radius 1 is 1.06 bits per heavy atom. The van der Waals surface area contributed by atoms with Crippen LogP contribution in [0.1, 0.15) is 36.0 Å². The third kappa shape index (κ3) is 3.87. The molecule has 1 aliphatic heterocycles. The van der Waals surface area contributed by atoms with Gasteiger partial charge in [-0.1, -0.05) is 48.5 Å². The first-order chi connectivity index (χ1) is 14.8. The predicted octanol–water partition coefficient (Wildman–Crippen LogP) is 5.29. The highest BCUT2D eigenvalue weighted by Crippen LogP contribution is 2.47. The molecule has 1 atom stereocenters. The standard InChI is InChI=1S/C24H20F3NO3/c1-2-31-22(30)14-28-20-12-11-15-7-3-4-8-16(15)23(20)18(13-21(28)29)17-9-5-6-10-19(17)24(25,26)27/h3-12,18H,2,13-14H2,1H3. The van der Waals surface area contributed by atoms with Crippen LogP contribution in [0, 0.1) is 0 Å². The molecule has 0 bridgehead atoms. The number of carbonyl (C=O) groups is 2. The van der Waals surface area contributed by atoms with Gasteiger partial charge in [-0.15, -0.1) is 0 Å². The summed E-state index contributed by atoms with van der Waals surface area (Å²) >= 11 is 0. The molecule has 31 heavy (non-hydrogen) atoms. The van der Waals surface area contributed by atoms with Gasteiger partial charge in [-0.05, 0) is 41.0 Å². The molecule has 1 unspecified atom stereocenters. The third-order valence-electron chi connectivity index (χ3n) is 5.50. The second kappa shape index (κ2) is 8.06. The molecule has 7 heteroatoms. The van der Waals surface area contributed by atoms with Crippen LogP contribution in [-0.2, 0) is 20.5 Å². The first-order valence-electron chi connectivity index (χ1n) is 9.95. The van der Waals surface area contributed by atoms with E-state index in [0.29, 0.717) is 11.3 Å². The van der Waals surface area contributed by atoms with E-state index < -0.39 is 29.5 Å². The number of halogens is 3. The normalized spacial score (nSPS) is 16.3. The van der Waals surface area contributed by atoms with Crippen molar-refractivity contribution < 1.29 is 27.5 Å². The quantitative estimate of drug-likeness (QED) is 0.532. The molecule has 0 saturated carbocycles. The van der Waals surface area contributed by atoms with Crippen molar-refractivity contribution >= 4 is 28.3 Å². The topological polar surface area (TPSA) is 46.6 Å². The first-order valence-corrected chi connectivity index (χ1v) is 9.95. The minimum Gasteiger partial charge on any atom is -0.465 e. The number of fused-ring (bicyclic) bond motifs is 3. The molecule has 0 spiro atoms. The van der Waals surface area contributed by atoms with Crippen LogP contribution in [0.25, 0.3) is 10.8 Å². The zero-order valence-electron chi connectivity index (χ0n) is 16.8. The van der Waals surface area contributed by atoms with Gasteiger partial charge in [-0.2, -0.15) is 13.2 Å². The number of hydrogen-bond donors (Lipinski definition) is 0. The minimum absolute atomic E-state index is 0.0525. The maximum absolute atomic E-state index is 13.8. The molecule has 0 fully saturated rings. The summed E-state index contributed by atoms with van der Waals surface area (Å²) in [6.45, 7) is 1.56. The minimum atomic E-state index is -4.55. The smallest absolute Gasteiger partial charge is 0.416 e. The maximum Gasteiger partial charge on any atom is 0.416 e. The average molecular weight is 427 g/mol. The van der Waals surface area contributed by atoms with Gasteiger partial charge in [-0.25, -0.2) is 0 Å². The fraction of sp³-hybridized carbons (Fsp3) is 0.250. The molecule has 0 N–H and O–H groups in total. The SMILES string of the molecule is CCOC(=O)CN1C(=O)CC(c2ccccc2C(F)(F)F)c2c1ccc1ccccc21. The van der Waals surface area contributed by atoms with E-state index in [2.05, 4.69) is 0 Å². The van der Waals surface area contributed by atoms with Crippen LogP contribution >= 0.6 is 0 Å². The molecular formula is C24H20F3NO3. The number of alkyl halides is 3. The van der Waals surface area contributed by atoms with Crippen molar-refractivity contribution in [3.8, 4) is 0 Å². The summed E-state index contributed by atoms with van der Waals surface area (Å²) in [7, 11) is 0. The highest BCUT2D eigenvalue weighted by molar-refractivity contribution is 6.05. The van der Waals surface area contributed by atoms with Gasteiger partial charge in [-0.3, -0.25) is 9.59 Å². The summed E-state index contributed by atoms with van der Waals surface area (Å²) in [6, 6.07) is 16.2. The van der Waals surface area contributed by atoms with E-state index in [1.54, 1.807) is 31.2 Å². The number of rotatable bonds is 4. The molecule has 0 saturated heterocycles. The molecular weight excluding hydrogens is 407 g/mol. The number of benzene rings is 3. The molecule has 1 heterocycles. The number of amides is 1. The number of hydrogen-bond acceptors (Lipinski definition) is 3. The Kier molecular flexibility index (Phi) is 5.43. The zero-order chi connectivity index (χ0) is 22.2. The fourth-order valence-corrected chi connectivity index (χ4v) is 4.24. The molecule has 4 nitrogen and oxygen atoms in total. The van der Waals surface area contributed by atoms with Crippen LogP contribution in [0.2, 0.25) is 0 Å². The predicted molar refractivity (Wildman–Crippen MR) is 111 cm³/mol. The van der Waals surface area contributed by atoms with Crippen molar-refractivity contribution in [3.05, 3.63) is 77.4 Å². The Morgan fingerprint density at radius 2 is 1.77 bits per heavy atom. The molecule has 0 aliphatic carbocycles. The monoisotopic (exact) mass is 427 g/mol. The summed E-state index contributed by atoms with van der Waals surface area (Å²) < 4.78 is 46.3. The molecule has 0 radical (unpaired) electrons. The van der Waals surface area contributed by atoms with Crippen LogP contribution in [0.5, 0.6) is 0 Å². The molecule has 0 aromatic heterocycles. The molecule has 4 rings (SSSR count). The lowest BCUT2D eigenvalue weighted by Gasteiger charge is -2.35. The Balaban J connectivity index is 1.94. The third-order valence-corrected chi connectivity index (χ3v) is 5.50. The summed E-state index contributed by atoms with van der Waals surface area (Å²) in [5, 5.41) is 1.60. The van der Waals surface area contributed by atoms with Crippen molar-refractivity contribution in [2.45, 2.75) is 25.4 Å². The number of esters is 1. The Bertz CT molecular complexity index is 1160. The number of anilines is 1. The lowest BCUT2D eigenvalue weighted by molar-refractivity contribution is -0.142. The van der Waals surface area contributed by atoms with E-state index in [1.165, 1.54) is 17.0 Å². The van der Waals surface area contributed by atoms with Gasteiger partial charge in [0.2, 0.25) is 5.91 Å². The van der Waals surface area contributed by atoms with Gasteiger partial charge in [0, 0.05) is 18.0 Å². The molecule has 1 aliphatic rings. The van der Waals surface area contributed by atoms with Crippen LogP contribution < -0.4 is 4.90 Å². The van der Waals surface area contributed by atoms with Crippen LogP contribution in [0.15, 0.2) is 60.7 Å². The van der Waals surface area contributed by atoms with Crippen molar-refractivity contribution in [2.24, 2.45) is 0 Å². The zero-order valence-corrected chi connectivity index (χ0v) is 16.8. The Hall–Kier alpha value is -3.35. The van der Waals surface area contributed by atoms with Crippen LogP contribution in [0.4, 0.5) is 18.9 Å². The van der Waals surface area contributed by atoms with E-state index in [9.17, 15) is 22.8 Å². The number of nitrogens with zero attached hydrogens (tertiary/aromatic N) is 1.